The van der Waals surface area contributed by atoms with Gasteiger partial charge in [-0.05, 0) is 49.3 Å². The molecule has 0 nitrogen and oxygen atoms in total. The first-order chi connectivity index (χ1) is 6.18. The van der Waals surface area contributed by atoms with Gasteiger partial charge < -0.3 is 0 Å². The van der Waals surface area contributed by atoms with Crippen molar-refractivity contribution in [1.29, 1.82) is 0 Å². The first-order valence-corrected chi connectivity index (χ1v) is 5.81. The van der Waals surface area contributed by atoms with Crippen LogP contribution < -0.4 is 0 Å². The molecule has 0 aromatic heterocycles. The average Bonchev–Trinajstić information content (AvgIpc) is 2.91. The van der Waals surface area contributed by atoms with E-state index in [1.165, 1.54) is 29.5 Å². The third-order valence-electron chi connectivity index (χ3n) is 2.89. The number of halogens is 1. The van der Waals surface area contributed by atoms with E-state index in [1.807, 2.05) is 0 Å². The van der Waals surface area contributed by atoms with Crippen molar-refractivity contribution < 1.29 is 0 Å². The van der Waals surface area contributed by atoms with Crippen LogP contribution in [0, 0.1) is 19.8 Å². The molecule has 0 aliphatic heterocycles. The minimum atomic E-state index is 0.590. The molecular weight excluding hydrogens is 224 g/mol. The van der Waals surface area contributed by atoms with Crippen molar-refractivity contribution >= 4 is 15.9 Å². The highest BCUT2D eigenvalue weighted by atomic mass is 79.9. The molecule has 1 saturated carbocycles. The quantitative estimate of drug-likeness (QED) is 0.680. The Morgan fingerprint density at radius 2 is 1.92 bits per heavy atom. The summed E-state index contributed by atoms with van der Waals surface area (Å²) in [6.45, 7) is 4.35. The zero-order valence-corrected chi connectivity index (χ0v) is 9.76. The summed E-state index contributed by atoms with van der Waals surface area (Å²) in [6, 6.07) is 6.79. The molecule has 1 aromatic rings. The lowest BCUT2D eigenvalue weighted by molar-refractivity contribution is 0.821. The minimum absolute atomic E-state index is 0.590. The van der Waals surface area contributed by atoms with E-state index in [1.54, 1.807) is 0 Å². The number of hydrogen-bond acceptors (Lipinski definition) is 0. The van der Waals surface area contributed by atoms with Crippen molar-refractivity contribution in [3.63, 3.8) is 0 Å². The Bertz CT molecular complexity index is 313. The van der Waals surface area contributed by atoms with E-state index in [4.69, 9.17) is 0 Å². The monoisotopic (exact) mass is 238 g/mol. The Morgan fingerprint density at radius 3 is 2.46 bits per heavy atom. The zero-order valence-electron chi connectivity index (χ0n) is 8.18. The maximum absolute atomic E-state index is 3.77. The van der Waals surface area contributed by atoms with Crippen molar-refractivity contribution in [2.45, 2.75) is 31.5 Å². The molecule has 13 heavy (non-hydrogen) atoms. The van der Waals surface area contributed by atoms with Gasteiger partial charge >= 0.3 is 0 Å². The van der Waals surface area contributed by atoms with Gasteiger partial charge in [0.1, 0.15) is 0 Å². The molecule has 0 N–H and O–H groups in total. The number of aryl methyl sites for hydroxylation is 2. The lowest BCUT2D eigenvalue weighted by atomic mass is 10.0. The summed E-state index contributed by atoms with van der Waals surface area (Å²) in [5, 5.41) is 0. The fourth-order valence-electron chi connectivity index (χ4n) is 1.60. The molecule has 1 atom stereocenters. The Morgan fingerprint density at radius 1 is 1.23 bits per heavy atom. The van der Waals surface area contributed by atoms with Crippen molar-refractivity contribution in [1.82, 2.24) is 0 Å². The van der Waals surface area contributed by atoms with Gasteiger partial charge in [-0.15, -0.1) is 0 Å². The molecule has 0 amide bonds. The largest absolute Gasteiger partial charge is 0.0836 e. The molecule has 0 radical (unpaired) electrons. The van der Waals surface area contributed by atoms with Gasteiger partial charge in [-0.2, -0.15) is 0 Å². The van der Waals surface area contributed by atoms with Crippen LogP contribution in [0.3, 0.4) is 0 Å². The normalized spacial score (nSPS) is 18.7. The first-order valence-electron chi connectivity index (χ1n) is 4.89. The lowest BCUT2D eigenvalue weighted by Gasteiger charge is -2.10. The van der Waals surface area contributed by atoms with Crippen LogP contribution >= 0.6 is 15.9 Å². The number of benzene rings is 1. The van der Waals surface area contributed by atoms with Gasteiger partial charge in [0, 0.05) is 4.83 Å². The van der Waals surface area contributed by atoms with E-state index in [-0.39, 0.29) is 0 Å². The molecule has 0 bridgehead atoms. The van der Waals surface area contributed by atoms with Crippen LogP contribution in [0.1, 0.15) is 34.4 Å². The Balaban J connectivity index is 2.24. The van der Waals surface area contributed by atoms with Gasteiger partial charge in [-0.3, -0.25) is 0 Å². The molecule has 70 valence electrons. The molecule has 0 spiro atoms. The third kappa shape index (κ3) is 1.96. The van der Waals surface area contributed by atoms with Gasteiger partial charge in [-0.25, -0.2) is 0 Å². The summed E-state index contributed by atoms with van der Waals surface area (Å²) in [4.78, 5) is 0.590. The molecule has 0 heterocycles. The summed E-state index contributed by atoms with van der Waals surface area (Å²) in [7, 11) is 0. The summed E-state index contributed by atoms with van der Waals surface area (Å²) in [5.74, 6) is 0.891. The van der Waals surface area contributed by atoms with E-state index >= 15 is 0 Å². The fraction of sp³-hybridized carbons (Fsp3) is 0.500. The molecule has 2 rings (SSSR count). The van der Waals surface area contributed by atoms with Crippen LogP contribution in [-0.4, -0.2) is 0 Å². The highest BCUT2D eigenvalue weighted by Crippen LogP contribution is 2.46. The van der Waals surface area contributed by atoms with E-state index in [0.717, 1.165) is 5.92 Å². The second kappa shape index (κ2) is 3.45. The van der Waals surface area contributed by atoms with Crippen molar-refractivity contribution in [2.75, 3.05) is 0 Å². The van der Waals surface area contributed by atoms with Crippen LogP contribution in [-0.2, 0) is 0 Å². The fourth-order valence-corrected chi connectivity index (χ4v) is 2.41. The first kappa shape index (κ1) is 9.26. The van der Waals surface area contributed by atoms with E-state index < -0.39 is 0 Å². The maximum atomic E-state index is 3.77. The number of hydrogen-bond donors (Lipinski definition) is 0. The van der Waals surface area contributed by atoms with Crippen molar-refractivity contribution in [3.05, 3.63) is 34.9 Å². The Hall–Kier alpha value is -0.300. The van der Waals surface area contributed by atoms with Crippen LogP contribution in [0.2, 0.25) is 0 Å². The summed E-state index contributed by atoms with van der Waals surface area (Å²) in [6.07, 6.45) is 2.78. The molecule has 1 fully saturated rings. The number of rotatable bonds is 2. The SMILES string of the molecule is Cc1ccc(C(Br)C2CC2)cc1C. The molecule has 1 aliphatic rings. The van der Waals surface area contributed by atoms with Gasteiger partial charge in [-0.1, -0.05) is 34.1 Å². The molecule has 1 aromatic carbocycles. The van der Waals surface area contributed by atoms with Gasteiger partial charge in [0.2, 0.25) is 0 Å². The van der Waals surface area contributed by atoms with Gasteiger partial charge in [0.15, 0.2) is 0 Å². The second-order valence-electron chi connectivity index (χ2n) is 4.08. The van der Waals surface area contributed by atoms with Gasteiger partial charge in [0.25, 0.3) is 0 Å². The smallest absolute Gasteiger partial charge is 0.0423 e. The van der Waals surface area contributed by atoms with Crippen molar-refractivity contribution in [2.24, 2.45) is 5.92 Å². The third-order valence-corrected chi connectivity index (χ3v) is 4.16. The predicted molar refractivity (Wildman–Crippen MR) is 60.3 cm³/mol. The topological polar surface area (TPSA) is 0 Å². The standard InChI is InChI=1S/C12H15Br/c1-8-3-4-11(7-9(8)2)12(13)10-5-6-10/h3-4,7,10,12H,5-6H2,1-2H3. The summed E-state index contributed by atoms with van der Waals surface area (Å²) in [5.41, 5.74) is 4.24. The van der Waals surface area contributed by atoms with E-state index in [2.05, 4.69) is 48.0 Å². The highest BCUT2D eigenvalue weighted by Gasteiger charge is 2.30. The maximum Gasteiger partial charge on any atom is 0.0423 e. The van der Waals surface area contributed by atoms with Crippen LogP contribution in [0.5, 0.6) is 0 Å². The van der Waals surface area contributed by atoms with Gasteiger partial charge in [0.05, 0.1) is 0 Å². The van der Waals surface area contributed by atoms with E-state index in [9.17, 15) is 0 Å². The van der Waals surface area contributed by atoms with Crippen LogP contribution in [0.15, 0.2) is 18.2 Å². The second-order valence-corrected chi connectivity index (χ2v) is 5.07. The molecule has 1 aliphatic carbocycles. The molecular formula is C12H15Br. The minimum Gasteiger partial charge on any atom is -0.0836 e. The average molecular weight is 239 g/mol. The zero-order chi connectivity index (χ0) is 9.42. The van der Waals surface area contributed by atoms with Crippen molar-refractivity contribution in [3.8, 4) is 0 Å². The molecule has 1 heteroatoms. The van der Waals surface area contributed by atoms with E-state index in [0.29, 0.717) is 4.83 Å². The van der Waals surface area contributed by atoms with Crippen LogP contribution in [0.25, 0.3) is 0 Å². The Kier molecular flexibility index (Phi) is 2.46. The molecule has 1 unspecified atom stereocenters. The highest BCUT2D eigenvalue weighted by molar-refractivity contribution is 9.09. The lowest BCUT2D eigenvalue weighted by Crippen LogP contribution is -1.93. The van der Waals surface area contributed by atoms with Crippen LogP contribution in [0.4, 0.5) is 0 Å². The Labute approximate surface area is 88.5 Å². The summed E-state index contributed by atoms with van der Waals surface area (Å²) >= 11 is 3.77. The number of alkyl halides is 1. The molecule has 0 saturated heterocycles. The predicted octanol–water partition coefficient (Wildman–Crippen LogP) is 4.15. The summed E-state index contributed by atoms with van der Waals surface area (Å²) < 4.78 is 0.